The van der Waals surface area contributed by atoms with Crippen LogP contribution < -0.4 is 5.32 Å². The van der Waals surface area contributed by atoms with Crippen LogP contribution in [0, 0.1) is 6.92 Å². The molecule has 0 unspecified atom stereocenters. The fourth-order valence-electron chi connectivity index (χ4n) is 2.58. The van der Waals surface area contributed by atoms with E-state index in [4.69, 9.17) is 5.11 Å². The summed E-state index contributed by atoms with van der Waals surface area (Å²) in [5, 5.41) is 11.0. The number of aromatic carboxylic acids is 1. The molecule has 0 aromatic heterocycles. The fraction of sp³-hybridized carbons (Fsp3) is 0.100. The van der Waals surface area contributed by atoms with E-state index >= 15 is 0 Å². The first-order valence-electron chi connectivity index (χ1n) is 8.29. The summed E-state index contributed by atoms with van der Waals surface area (Å²) in [5.74, 6) is -2.08. The molecular weight excluding hydrogens is 380 g/mol. The highest BCUT2D eigenvalue weighted by molar-refractivity contribution is 8.18. The van der Waals surface area contributed by atoms with E-state index in [1.54, 1.807) is 30.3 Å². The Balaban J connectivity index is 1.69. The predicted molar refractivity (Wildman–Crippen MR) is 106 cm³/mol. The second-order valence-electron chi connectivity index (χ2n) is 6.11. The quantitative estimate of drug-likeness (QED) is 0.751. The van der Waals surface area contributed by atoms with Gasteiger partial charge in [-0.15, -0.1) is 0 Å². The highest BCUT2D eigenvalue weighted by Gasteiger charge is 2.36. The van der Waals surface area contributed by atoms with Crippen molar-refractivity contribution in [3.8, 4) is 0 Å². The smallest absolute Gasteiger partial charge is 0.335 e. The summed E-state index contributed by atoms with van der Waals surface area (Å²) in [4.78, 5) is 48.8. The lowest BCUT2D eigenvalue weighted by molar-refractivity contribution is -0.127. The molecule has 0 saturated carbocycles. The van der Waals surface area contributed by atoms with Gasteiger partial charge in [0, 0.05) is 5.69 Å². The third-order valence-corrected chi connectivity index (χ3v) is 4.84. The maximum Gasteiger partial charge on any atom is 0.335 e. The van der Waals surface area contributed by atoms with E-state index in [-0.39, 0.29) is 17.0 Å². The summed E-state index contributed by atoms with van der Waals surface area (Å²) in [7, 11) is 0. The average Bonchev–Trinajstić information content (AvgIpc) is 2.89. The molecule has 0 spiro atoms. The number of nitrogens with zero attached hydrogens (tertiary/aromatic N) is 1. The number of nitrogens with one attached hydrogen (secondary N) is 1. The third-order valence-electron chi connectivity index (χ3n) is 3.93. The maximum atomic E-state index is 12.5. The van der Waals surface area contributed by atoms with Crippen molar-refractivity contribution in [2.24, 2.45) is 0 Å². The van der Waals surface area contributed by atoms with Crippen LogP contribution in [0.5, 0.6) is 0 Å². The van der Waals surface area contributed by atoms with Gasteiger partial charge in [-0.2, -0.15) is 0 Å². The largest absolute Gasteiger partial charge is 0.478 e. The summed E-state index contributed by atoms with van der Waals surface area (Å²) in [5.41, 5.74) is 2.27. The molecule has 28 heavy (non-hydrogen) atoms. The molecule has 1 saturated heterocycles. The number of carboxylic acid groups (broad SMARTS) is 1. The van der Waals surface area contributed by atoms with Gasteiger partial charge in [0.2, 0.25) is 5.91 Å². The summed E-state index contributed by atoms with van der Waals surface area (Å²) in [6, 6.07) is 13.1. The molecule has 1 aliphatic heterocycles. The van der Waals surface area contributed by atoms with Gasteiger partial charge < -0.3 is 10.4 Å². The number of rotatable bonds is 5. The minimum Gasteiger partial charge on any atom is -0.478 e. The first-order chi connectivity index (χ1) is 13.3. The number of anilines is 1. The first-order valence-corrected chi connectivity index (χ1v) is 9.10. The molecule has 0 bridgehead atoms. The van der Waals surface area contributed by atoms with Crippen LogP contribution >= 0.6 is 11.8 Å². The molecule has 2 aromatic rings. The number of amides is 3. The number of carbonyl (C=O) groups is 4. The Morgan fingerprint density at radius 1 is 1.14 bits per heavy atom. The normalized spacial score (nSPS) is 15.2. The van der Waals surface area contributed by atoms with Crippen molar-refractivity contribution in [3.05, 3.63) is 70.1 Å². The summed E-state index contributed by atoms with van der Waals surface area (Å²) < 4.78 is 0. The number of hydrogen-bond acceptors (Lipinski definition) is 5. The lowest BCUT2D eigenvalue weighted by Gasteiger charge is -2.12. The summed E-state index contributed by atoms with van der Waals surface area (Å²) in [6.07, 6.45) is 1.50. The van der Waals surface area contributed by atoms with Crippen LogP contribution in [0.25, 0.3) is 6.08 Å². The van der Waals surface area contributed by atoms with Gasteiger partial charge in [-0.05, 0) is 60.2 Å². The molecule has 7 nitrogen and oxygen atoms in total. The Bertz CT molecular complexity index is 998. The second kappa shape index (κ2) is 8.10. The lowest BCUT2D eigenvalue weighted by Crippen LogP contribution is -2.36. The Labute approximate surface area is 165 Å². The molecule has 0 radical (unpaired) electrons. The van der Waals surface area contributed by atoms with Crippen LogP contribution in [-0.4, -0.2) is 39.6 Å². The molecular formula is C20H16N2O5S. The van der Waals surface area contributed by atoms with Gasteiger partial charge in [0.25, 0.3) is 11.1 Å². The van der Waals surface area contributed by atoms with E-state index in [9.17, 15) is 19.2 Å². The molecule has 1 aliphatic rings. The van der Waals surface area contributed by atoms with Crippen LogP contribution in [0.2, 0.25) is 0 Å². The van der Waals surface area contributed by atoms with E-state index < -0.39 is 23.0 Å². The van der Waals surface area contributed by atoms with Crippen molar-refractivity contribution < 1.29 is 24.3 Å². The molecule has 8 heteroatoms. The van der Waals surface area contributed by atoms with Gasteiger partial charge in [0.05, 0.1) is 10.5 Å². The molecule has 2 N–H and O–H groups in total. The van der Waals surface area contributed by atoms with E-state index in [0.29, 0.717) is 11.3 Å². The fourth-order valence-corrected chi connectivity index (χ4v) is 3.41. The standard InChI is InChI=1S/C20H16N2O5S/c1-12-3-2-4-15(9-12)21-17(23)11-22-18(24)16(28-20(22)27)10-13-5-7-14(8-6-13)19(25)26/h2-10H,11H2,1H3,(H,21,23)(H,25,26)/b16-10-. The molecule has 0 atom stereocenters. The van der Waals surface area contributed by atoms with Gasteiger partial charge in [-0.3, -0.25) is 19.3 Å². The highest BCUT2D eigenvalue weighted by atomic mass is 32.2. The predicted octanol–water partition coefficient (Wildman–Crippen LogP) is 3.37. The van der Waals surface area contributed by atoms with Crippen LogP contribution in [0.15, 0.2) is 53.4 Å². The SMILES string of the molecule is Cc1cccc(NC(=O)CN2C(=O)S/C(=C\c3ccc(C(=O)O)cc3)C2=O)c1. The Morgan fingerprint density at radius 3 is 2.50 bits per heavy atom. The van der Waals surface area contributed by atoms with Crippen molar-refractivity contribution in [2.75, 3.05) is 11.9 Å². The zero-order chi connectivity index (χ0) is 20.3. The number of hydrogen-bond donors (Lipinski definition) is 2. The topological polar surface area (TPSA) is 104 Å². The zero-order valence-electron chi connectivity index (χ0n) is 14.8. The number of imide groups is 1. The first kappa shape index (κ1) is 19.4. The van der Waals surface area contributed by atoms with Crippen molar-refractivity contribution in [2.45, 2.75) is 6.92 Å². The average molecular weight is 396 g/mol. The van der Waals surface area contributed by atoms with Crippen molar-refractivity contribution in [3.63, 3.8) is 0 Å². The molecule has 1 fully saturated rings. The summed E-state index contributed by atoms with van der Waals surface area (Å²) in [6.45, 7) is 1.51. The van der Waals surface area contributed by atoms with Crippen LogP contribution in [0.1, 0.15) is 21.5 Å². The van der Waals surface area contributed by atoms with E-state index in [0.717, 1.165) is 22.2 Å². The van der Waals surface area contributed by atoms with Crippen molar-refractivity contribution in [1.29, 1.82) is 0 Å². The molecule has 1 heterocycles. The lowest BCUT2D eigenvalue weighted by atomic mass is 10.1. The molecule has 3 rings (SSSR count). The van der Waals surface area contributed by atoms with Crippen LogP contribution in [0.3, 0.4) is 0 Å². The zero-order valence-corrected chi connectivity index (χ0v) is 15.7. The molecule has 2 aromatic carbocycles. The van der Waals surface area contributed by atoms with Crippen molar-refractivity contribution >= 4 is 46.5 Å². The van der Waals surface area contributed by atoms with Gasteiger partial charge in [-0.1, -0.05) is 24.3 Å². The van der Waals surface area contributed by atoms with Gasteiger partial charge >= 0.3 is 5.97 Å². The van der Waals surface area contributed by atoms with E-state index in [2.05, 4.69) is 5.32 Å². The maximum absolute atomic E-state index is 12.5. The number of thioether (sulfide) groups is 1. The summed E-state index contributed by atoms with van der Waals surface area (Å²) >= 11 is 0.740. The monoisotopic (exact) mass is 396 g/mol. The number of benzene rings is 2. The highest BCUT2D eigenvalue weighted by Crippen LogP contribution is 2.32. The number of carboxylic acids is 1. The van der Waals surface area contributed by atoms with Crippen LogP contribution in [-0.2, 0) is 9.59 Å². The Kier molecular flexibility index (Phi) is 5.60. The van der Waals surface area contributed by atoms with Gasteiger partial charge in [0.1, 0.15) is 6.54 Å². The Hall–Kier alpha value is -3.39. The second-order valence-corrected chi connectivity index (χ2v) is 7.11. The molecule has 0 aliphatic carbocycles. The van der Waals surface area contributed by atoms with E-state index in [1.807, 2.05) is 13.0 Å². The molecule has 3 amide bonds. The Morgan fingerprint density at radius 2 is 1.86 bits per heavy atom. The van der Waals surface area contributed by atoms with Crippen molar-refractivity contribution in [1.82, 2.24) is 4.90 Å². The number of carbonyl (C=O) groups excluding carboxylic acids is 3. The third kappa shape index (κ3) is 4.47. The molecule has 142 valence electrons. The van der Waals surface area contributed by atoms with Gasteiger partial charge in [-0.25, -0.2) is 4.79 Å². The van der Waals surface area contributed by atoms with Crippen LogP contribution in [0.4, 0.5) is 10.5 Å². The van der Waals surface area contributed by atoms with Gasteiger partial charge in [0.15, 0.2) is 0 Å². The minimum atomic E-state index is -1.05. The minimum absolute atomic E-state index is 0.123. The number of aryl methyl sites for hydroxylation is 1. The van der Waals surface area contributed by atoms with E-state index in [1.165, 1.54) is 18.2 Å².